The smallest absolute Gasteiger partial charge is 0.305 e. The highest BCUT2D eigenvalue weighted by molar-refractivity contribution is 8.00. The van der Waals surface area contributed by atoms with Gasteiger partial charge in [0.05, 0.1) is 16.6 Å². The highest BCUT2D eigenvalue weighted by Crippen LogP contribution is 2.53. The van der Waals surface area contributed by atoms with E-state index in [2.05, 4.69) is 10.3 Å². The SMILES string of the molecule is O=C(COc1ccc([C@@H]2c3sc(=O)[nH]c3S[C@H]3C(=O)N(c4ccc(F)cc4)C(=O)[C@@H]23)cc1)Nc1ccc(Cl)cc1. The first-order chi connectivity index (χ1) is 19.3. The lowest BCUT2D eigenvalue weighted by Gasteiger charge is -2.29. The maximum absolute atomic E-state index is 13.7. The standard InChI is InChI=1S/C28H19ClFN3O5S2/c29-15-3-7-17(8-4-15)31-20(34)13-38-19-11-1-14(2-12-19)21-22-24(39-25-23(21)40-28(37)32-25)27(36)33(26(22)35)18-9-5-16(30)6-10-18/h1-12,21-22,24H,13H2,(H,31,34)(H,32,37)/t21-,22-,24+/m0/s1. The fourth-order valence-electron chi connectivity index (χ4n) is 4.87. The van der Waals surface area contributed by atoms with E-state index in [0.29, 0.717) is 37.6 Å². The number of hydrogen-bond donors (Lipinski definition) is 2. The van der Waals surface area contributed by atoms with Crippen LogP contribution in [-0.4, -0.2) is 34.6 Å². The van der Waals surface area contributed by atoms with Crippen molar-refractivity contribution >= 4 is 63.8 Å². The number of hydrogen-bond acceptors (Lipinski definition) is 7. The number of anilines is 2. The van der Waals surface area contributed by atoms with Crippen LogP contribution in [0.3, 0.4) is 0 Å². The number of fused-ring (bicyclic) bond motifs is 2. The Bertz CT molecular complexity index is 1670. The summed E-state index contributed by atoms with van der Waals surface area (Å²) in [6, 6.07) is 18.8. The van der Waals surface area contributed by atoms with Crippen molar-refractivity contribution in [3.63, 3.8) is 0 Å². The molecule has 2 N–H and O–H groups in total. The molecule has 1 fully saturated rings. The number of imide groups is 1. The van der Waals surface area contributed by atoms with E-state index in [9.17, 15) is 23.6 Å². The number of nitrogens with one attached hydrogen (secondary N) is 2. The van der Waals surface area contributed by atoms with Gasteiger partial charge in [0.15, 0.2) is 6.61 Å². The maximum Gasteiger partial charge on any atom is 0.305 e. The minimum atomic E-state index is -0.765. The lowest BCUT2D eigenvalue weighted by atomic mass is 9.83. The number of ether oxygens (including phenoxy) is 1. The molecule has 2 aliphatic heterocycles. The first-order valence-electron chi connectivity index (χ1n) is 12.1. The number of rotatable bonds is 6. The zero-order valence-corrected chi connectivity index (χ0v) is 22.8. The van der Waals surface area contributed by atoms with Crippen molar-refractivity contribution in [2.45, 2.75) is 16.2 Å². The second-order valence-corrected chi connectivity index (χ2v) is 11.8. The summed E-state index contributed by atoms with van der Waals surface area (Å²) in [4.78, 5) is 55.9. The van der Waals surface area contributed by atoms with Gasteiger partial charge in [0.1, 0.15) is 16.8 Å². The minimum Gasteiger partial charge on any atom is -0.484 e. The average Bonchev–Trinajstić information content (AvgIpc) is 3.44. The Balaban J connectivity index is 1.24. The zero-order chi connectivity index (χ0) is 28.0. The van der Waals surface area contributed by atoms with E-state index < -0.39 is 34.7 Å². The lowest BCUT2D eigenvalue weighted by Crippen LogP contribution is -2.32. The van der Waals surface area contributed by atoms with Crippen LogP contribution in [0.2, 0.25) is 5.02 Å². The van der Waals surface area contributed by atoms with Crippen LogP contribution in [0, 0.1) is 11.7 Å². The topological polar surface area (TPSA) is 109 Å². The highest BCUT2D eigenvalue weighted by Gasteiger charge is 2.56. The summed E-state index contributed by atoms with van der Waals surface area (Å²) in [5.74, 6) is -2.55. The van der Waals surface area contributed by atoms with Gasteiger partial charge in [-0.05, 0) is 66.2 Å². The first kappa shape index (κ1) is 26.3. The number of aromatic amines is 1. The summed E-state index contributed by atoms with van der Waals surface area (Å²) in [5.41, 5.74) is 1.60. The molecule has 3 aromatic carbocycles. The fourth-order valence-corrected chi connectivity index (χ4v) is 7.51. The molecule has 202 valence electrons. The van der Waals surface area contributed by atoms with Gasteiger partial charge in [0, 0.05) is 21.5 Å². The van der Waals surface area contributed by atoms with Crippen molar-refractivity contribution in [2.75, 3.05) is 16.8 Å². The number of H-pyrrole nitrogens is 1. The molecule has 40 heavy (non-hydrogen) atoms. The molecule has 0 spiro atoms. The molecule has 4 aromatic rings. The Labute approximate surface area is 240 Å². The summed E-state index contributed by atoms with van der Waals surface area (Å²) in [5, 5.41) is 3.08. The third kappa shape index (κ3) is 4.91. The predicted molar refractivity (Wildman–Crippen MR) is 151 cm³/mol. The Kier molecular flexibility index (Phi) is 6.95. The summed E-state index contributed by atoms with van der Waals surface area (Å²) >= 11 is 8.04. The van der Waals surface area contributed by atoms with Gasteiger partial charge in [-0.2, -0.15) is 0 Å². The predicted octanol–water partition coefficient (Wildman–Crippen LogP) is 5.04. The number of halogens is 2. The van der Waals surface area contributed by atoms with Crippen molar-refractivity contribution in [1.29, 1.82) is 0 Å². The normalized spacial score (nSPS) is 19.8. The van der Waals surface area contributed by atoms with Gasteiger partial charge in [-0.15, -0.1) is 0 Å². The van der Waals surface area contributed by atoms with Crippen LogP contribution in [0.15, 0.2) is 82.6 Å². The van der Waals surface area contributed by atoms with E-state index in [1.807, 2.05) is 0 Å². The summed E-state index contributed by atoms with van der Waals surface area (Å²) < 4.78 is 19.1. The summed E-state index contributed by atoms with van der Waals surface area (Å²) in [6.45, 7) is -0.226. The second kappa shape index (κ2) is 10.6. The molecule has 0 bridgehead atoms. The first-order valence-corrected chi connectivity index (χ1v) is 14.2. The maximum atomic E-state index is 13.7. The van der Waals surface area contributed by atoms with Gasteiger partial charge < -0.3 is 15.0 Å². The Hall–Kier alpha value is -3.93. The third-order valence-electron chi connectivity index (χ3n) is 6.65. The average molecular weight is 596 g/mol. The van der Waals surface area contributed by atoms with Gasteiger partial charge in [-0.1, -0.05) is 46.8 Å². The van der Waals surface area contributed by atoms with Crippen molar-refractivity contribution in [3.05, 3.63) is 104 Å². The zero-order valence-electron chi connectivity index (χ0n) is 20.4. The van der Waals surface area contributed by atoms with Crippen LogP contribution in [0.1, 0.15) is 16.4 Å². The van der Waals surface area contributed by atoms with E-state index in [1.54, 1.807) is 48.5 Å². The number of benzene rings is 3. The monoisotopic (exact) mass is 595 g/mol. The van der Waals surface area contributed by atoms with E-state index in [0.717, 1.165) is 16.2 Å². The van der Waals surface area contributed by atoms with Gasteiger partial charge >= 0.3 is 4.87 Å². The number of amides is 3. The minimum absolute atomic E-state index is 0.226. The number of thiazole rings is 1. The quantitative estimate of drug-likeness (QED) is 0.302. The van der Waals surface area contributed by atoms with Crippen LogP contribution >= 0.6 is 34.7 Å². The van der Waals surface area contributed by atoms with E-state index in [1.165, 1.54) is 36.0 Å². The molecule has 0 aliphatic carbocycles. The molecular weight excluding hydrogens is 577 g/mol. The fraction of sp³-hybridized carbons (Fsp3) is 0.143. The number of nitrogens with zero attached hydrogens (tertiary/aromatic N) is 1. The van der Waals surface area contributed by atoms with Crippen molar-refractivity contribution in [3.8, 4) is 5.75 Å². The molecule has 8 nitrogen and oxygen atoms in total. The van der Waals surface area contributed by atoms with Gasteiger partial charge in [0.2, 0.25) is 11.8 Å². The lowest BCUT2D eigenvalue weighted by molar-refractivity contribution is -0.122. The molecular formula is C28H19ClFN3O5S2. The molecule has 12 heteroatoms. The van der Waals surface area contributed by atoms with Gasteiger partial charge in [-0.3, -0.25) is 19.2 Å². The molecule has 3 heterocycles. The largest absolute Gasteiger partial charge is 0.484 e. The number of aromatic nitrogens is 1. The molecule has 1 aromatic heterocycles. The molecule has 3 amide bonds. The van der Waals surface area contributed by atoms with Crippen LogP contribution in [0.4, 0.5) is 15.8 Å². The summed E-state index contributed by atoms with van der Waals surface area (Å²) in [7, 11) is 0. The van der Waals surface area contributed by atoms with Gasteiger partial charge in [-0.25, -0.2) is 9.29 Å². The Morgan fingerprint density at radius 1 is 0.975 bits per heavy atom. The Morgan fingerprint density at radius 3 is 2.38 bits per heavy atom. The molecule has 6 rings (SSSR count). The number of carbonyl (C=O) groups excluding carboxylic acids is 3. The molecule has 2 aliphatic rings. The number of carbonyl (C=O) groups is 3. The van der Waals surface area contributed by atoms with E-state index in [-0.39, 0.29) is 17.4 Å². The molecule has 0 unspecified atom stereocenters. The van der Waals surface area contributed by atoms with Crippen LogP contribution in [0.25, 0.3) is 0 Å². The highest BCUT2D eigenvalue weighted by atomic mass is 35.5. The third-order valence-corrected chi connectivity index (χ3v) is 9.30. The Morgan fingerprint density at radius 2 is 1.68 bits per heavy atom. The van der Waals surface area contributed by atoms with Crippen LogP contribution in [-0.2, 0) is 14.4 Å². The second-order valence-electron chi connectivity index (χ2n) is 9.15. The van der Waals surface area contributed by atoms with Crippen LogP contribution in [0.5, 0.6) is 5.75 Å². The van der Waals surface area contributed by atoms with Crippen molar-refractivity contribution in [1.82, 2.24) is 4.98 Å². The van der Waals surface area contributed by atoms with E-state index >= 15 is 0 Å². The van der Waals surface area contributed by atoms with Crippen LogP contribution < -0.4 is 19.8 Å². The molecule has 3 atom stereocenters. The molecule has 0 saturated carbocycles. The van der Waals surface area contributed by atoms with Crippen molar-refractivity contribution in [2.24, 2.45) is 5.92 Å². The molecule has 1 saturated heterocycles. The molecule has 0 radical (unpaired) electrons. The van der Waals surface area contributed by atoms with Crippen molar-refractivity contribution < 1.29 is 23.5 Å². The van der Waals surface area contributed by atoms with E-state index in [4.69, 9.17) is 16.3 Å². The summed E-state index contributed by atoms with van der Waals surface area (Å²) in [6.07, 6.45) is 0. The van der Waals surface area contributed by atoms with Gasteiger partial charge in [0.25, 0.3) is 5.91 Å². The number of thioether (sulfide) groups is 1.